The number of rotatable bonds is 9. The van der Waals surface area contributed by atoms with E-state index in [2.05, 4.69) is 29.8 Å². The molecule has 0 saturated carbocycles. The van der Waals surface area contributed by atoms with Crippen molar-refractivity contribution in [2.75, 3.05) is 5.33 Å². The Balaban J connectivity index is 2.84. The van der Waals surface area contributed by atoms with E-state index in [1.165, 1.54) is 56.7 Å². The van der Waals surface area contributed by atoms with Crippen LogP contribution in [0.25, 0.3) is 0 Å². The molecule has 0 aliphatic carbocycles. The highest BCUT2D eigenvalue weighted by molar-refractivity contribution is 9.09. The van der Waals surface area contributed by atoms with Gasteiger partial charge >= 0.3 is 0 Å². The van der Waals surface area contributed by atoms with E-state index >= 15 is 0 Å². The van der Waals surface area contributed by atoms with E-state index in [1.807, 2.05) is 0 Å². The molecule has 0 heterocycles. The van der Waals surface area contributed by atoms with Crippen LogP contribution in [0.3, 0.4) is 0 Å². The van der Waals surface area contributed by atoms with Crippen LogP contribution in [0.5, 0.6) is 0 Å². The minimum Gasteiger partial charge on any atom is -0.0928 e. The Morgan fingerprint density at radius 3 is 1.85 bits per heavy atom. The smallest absolute Gasteiger partial charge is 0.00313 e. The quantitative estimate of drug-likeness (QED) is 0.399. The van der Waals surface area contributed by atoms with Crippen molar-refractivity contribution < 1.29 is 0 Å². The summed E-state index contributed by atoms with van der Waals surface area (Å²) in [6.45, 7) is 6.20. The molecular formula is C12H24Br. The third-order valence-electron chi connectivity index (χ3n) is 2.33. The number of unbranched alkanes of at least 4 members (excludes halogenated alkanes) is 6. The summed E-state index contributed by atoms with van der Waals surface area (Å²) in [6, 6.07) is 0. The third kappa shape index (κ3) is 12.5. The van der Waals surface area contributed by atoms with E-state index < -0.39 is 0 Å². The van der Waals surface area contributed by atoms with Crippen LogP contribution in [0.4, 0.5) is 0 Å². The predicted octanol–water partition coefficient (Wildman–Crippen LogP) is 4.97. The van der Waals surface area contributed by atoms with Crippen LogP contribution in [0, 0.1) is 12.8 Å². The molecule has 0 aliphatic heterocycles. The van der Waals surface area contributed by atoms with Gasteiger partial charge in [-0.3, -0.25) is 0 Å². The molecule has 0 saturated heterocycles. The fourth-order valence-corrected chi connectivity index (χ4v) is 1.87. The van der Waals surface area contributed by atoms with Crippen molar-refractivity contribution in [3.8, 4) is 0 Å². The summed E-state index contributed by atoms with van der Waals surface area (Å²) in [4.78, 5) is 0. The van der Waals surface area contributed by atoms with Crippen LogP contribution < -0.4 is 0 Å². The molecule has 0 rings (SSSR count). The molecule has 0 fully saturated rings. The Bertz CT molecular complexity index is 89.1. The highest BCUT2D eigenvalue weighted by Crippen LogP contribution is 2.11. The van der Waals surface area contributed by atoms with Gasteiger partial charge in [-0.25, -0.2) is 0 Å². The lowest BCUT2D eigenvalue weighted by molar-refractivity contribution is 0.536. The van der Waals surface area contributed by atoms with E-state index in [0.29, 0.717) is 5.92 Å². The molecular weight excluding hydrogens is 224 g/mol. The van der Waals surface area contributed by atoms with E-state index in [9.17, 15) is 0 Å². The second kappa shape index (κ2) is 10.6. The Hall–Kier alpha value is 0.480. The third-order valence-corrected chi connectivity index (χ3v) is 2.89. The zero-order chi connectivity index (χ0) is 9.94. The van der Waals surface area contributed by atoms with Gasteiger partial charge in [0.15, 0.2) is 0 Å². The normalized spacial score (nSPS) is 11.1. The van der Waals surface area contributed by atoms with E-state index in [-0.39, 0.29) is 0 Å². The maximum Gasteiger partial charge on any atom is 0.00313 e. The van der Waals surface area contributed by atoms with Crippen LogP contribution >= 0.6 is 15.9 Å². The van der Waals surface area contributed by atoms with Crippen LogP contribution in [0.1, 0.15) is 58.3 Å². The highest BCUT2D eigenvalue weighted by atomic mass is 79.9. The van der Waals surface area contributed by atoms with Crippen LogP contribution in [-0.2, 0) is 0 Å². The average Bonchev–Trinajstić information content (AvgIpc) is 2.09. The SMILES string of the molecule is [CH2]C(C)CCCCCCCCCBr. The summed E-state index contributed by atoms with van der Waals surface area (Å²) in [5, 5.41) is 1.17. The van der Waals surface area contributed by atoms with Crippen molar-refractivity contribution in [2.24, 2.45) is 5.92 Å². The maximum atomic E-state index is 3.99. The molecule has 0 spiro atoms. The zero-order valence-corrected chi connectivity index (χ0v) is 10.6. The van der Waals surface area contributed by atoms with Gasteiger partial charge in [-0.05, 0) is 12.3 Å². The second-order valence-corrected chi connectivity index (χ2v) is 4.85. The van der Waals surface area contributed by atoms with E-state index in [0.717, 1.165) is 0 Å². The van der Waals surface area contributed by atoms with Gasteiger partial charge < -0.3 is 0 Å². The Morgan fingerprint density at radius 1 is 0.923 bits per heavy atom. The molecule has 0 aromatic carbocycles. The van der Waals surface area contributed by atoms with Crippen molar-refractivity contribution in [2.45, 2.75) is 58.3 Å². The van der Waals surface area contributed by atoms with Crippen molar-refractivity contribution in [1.29, 1.82) is 0 Å². The number of hydrogen-bond acceptors (Lipinski definition) is 0. The summed E-state index contributed by atoms with van der Waals surface area (Å²) >= 11 is 3.45. The van der Waals surface area contributed by atoms with Gasteiger partial charge in [0.25, 0.3) is 0 Å². The van der Waals surface area contributed by atoms with Crippen LogP contribution in [-0.4, -0.2) is 5.33 Å². The highest BCUT2D eigenvalue weighted by Gasteiger charge is 1.94. The first-order valence-corrected chi connectivity index (χ1v) is 6.78. The standard InChI is InChI=1S/C12H24Br/c1-12(2)10-8-6-4-3-5-7-9-11-13/h12H,1,3-11H2,2H3. The molecule has 0 bridgehead atoms. The van der Waals surface area contributed by atoms with Gasteiger partial charge in [-0.15, -0.1) is 0 Å². The van der Waals surface area contributed by atoms with Crippen LogP contribution in [0.2, 0.25) is 0 Å². The molecule has 0 N–H and O–H groups in total. The van der Waals surface area contributed by atoms with Gasteiger partial charge in [0.1, 0.15) is 0 Å². The van der Waals surface area contributed by atoms with Gasteiger partial charge in [-0.1, -0.05) is 74.7 Å². The van der Waals surface area contributed by atoms with Crippen LogP contribution in [0.15, 0.2) is 0 Å². The Labute approximate surface area is 92.6 Å². The summed E-state index contributed by atoms with van der Waals surface area (Å²) in [7, 11) is 0. The van der Waals surface area contributed by atoms with Crippen molar-refractivity contribution in [3.05, 3.63) is 6.92 Å². The van der Waals surface area contributed by atoms with Crippen molar-refractivity contribution >= 4 is 15.9 Å². The maximum absolute atomic E-state index is 3.99. The Kier molecular flexibility index (Phi) is 11.0. The lowest BCUT2D eigenvalue weighted by Crippen LogP contribution is -1.87. The molecule has 79 valence electrons. The van der Waals surface area contributed by atoms with E-state index in [1.54, 1.807) is 0 Å². The molecule has 13 heavy (non-hydrogen) atoms. The topological polar surface area (TPSA) is 0 Å². The zero-order valence-electron chi connectivity index (χ0n) is 9.03. The minimum atomic E-state index is 0.647. The molecule has 1 atom stereocenters. The molecule has 1 heteroatoms. The summed E-state index contributed by atoms with van der Waals surface area (Å²) in [6.07, 6.45) is 11.1. The summed E-state index contributed by atoms with van der Waals surface area (Å²) in [5.41, 5.74) is 0. The first-order chi connectivity index (χ1) is 6.27. The summed E-state index contributed by atoms with van der Waals surface area (Å²) < 4.78 is 0. The fraction of sp³-hybridized carbons (Fsp3) is 0.917. The monoisotopic (exact) mass is 247 g/mol. The largest absolute Gasteiger partial charge is 0.0928 e. The molecule has 0 nitrogen and oxygen atoms in total. The Morgan fingerprint density at radius 2 is 1.38 bits per heavy atom. The average molecular weight is 248 g/mol. The summed E-state index contributed by atoms with van der Waals surface area (Å²) in [5.74, 6) is 0.647. The number of halogens is 1. The van der Waals surface area contributed by atoms with Crippen molar-refractivity contribution in [3.63, 3.8) is 0 Å². The molecule has 0 aromatic rings. The molecule has 0 aliphatic rings. The fourth-order valence-electron chi connectivity index (χ4n) is 1.47. The van der Waals surface area contributed by atoms with Gasteiger partial charge in [0.2, 0.25) is 0 Å². The number of hydrogen-bond donors (Lipinski definition) is 0. The predicted molar refractivity (Wildman–Crippen MR) is 65.3 cm³/mol. The van der Waals surface area contributed by atoms with Crippen molar-refractivity contribution in [1.82, 2.24) is 0 Å². The first-order valence-electron chi connectivity index (χ1n) is 5.66. The minimum absolute atomic E-state index is 0.647. The molecule has 1 unspecified atom stereocenters. The second-order valence-electron chi connectivity index (χ2n) is 4.06. The molecule has 1 radical (unpaired) electrons. The first kappa shape index (κ1) is 13.5. The molecule has 0 amide bonds. The van der Waals surface area contributed by atoms with Gasteiger partial charge in [0.05, 0.1) is 0 Å². The van der Waals surface area contributed by atoms with E-state index in [4.69, 9.17) is 0 Å². The number of alkyl halides is 1. The lowest BCUT2D eigenvalue weighted by atomic mass is 10.0. The van der Waals surface area contributed by atoms with Gasteiger partial charge in [-0.2, -0.15) is 0 Å². The van der Waals surface area contributed by atoms with Gasteiger partial charge in [0, 0.05) is 5.33 Å². The lowest BCUT2D eigenvalue weighted by Gasteiger charge is -2.03. The molecule has 0 aromatic heterocycles.